The maximum atomic E-state index is 13.5. The van der Waals surface area contributed by atoms with Crippen molar-refractivity contribution in [3.05, 3.63) is 58.4 Å². The lowest BCUT2D eigenvalue weighted by atomic mass is 9.97. The number of hydrogen-bond donors (Lipinski definition) is 1. The highest BCUT2D eigenvalue weighted by atomic mass is 19.1. The second-order valence-electron chi connectivity index (χ2n) is 7.32. The van der Waals surface area contributed by atoms with Crippen molar-refractivity contribution in [1.29, 1.82) is 0 Å². The molecule has 5 nitrogen and oxygen atoms in total. The van der Waals surface area contributed by atoms with Gasteiger partial charge in [-0.2, -0.15) is 0 Å². The minimum Gasteiger partial charge on any atom is -0.493 e. The molecule has 28 heavy (non-hydrogen) atoms. The summed E-state index contributed by atoms with van der Waals surface area (Å²) in [7, 11) is 2.94. The second-order valence-corrected chi connectivity index (χ2v) is 7.32. The van der Waals surface area contributed by atoms with Crippen LogP contribution in [-0.2, 0) is 13.0 Å². The number of carboxylic acid groups (broad SMARTS) is 1. The van der Waals surface area contributed by atoms with Crippen molar-refractivity contribution >= 4 is 5.97 Å². The van der Waals surface area contributed by atoms with Crippen molar-refractivity contribution in [1.82, 2.24) is 4.90 Å². The Morgan fingerprint density at radius 1 is 1.25 bits per heavy atom. The quantitative estimate of drug-likeness (QED) is 0.781. The topological polar surface area (TPSA) is 59.0 Å². The Kier molecular flexibility index (Phi) is 6.19. The highest BCUT2D eigenvalue weighted by Gasteiger charge is 2.26. The van der Waals surface area contributed by atoms with Gasteiger partial charge < -0.3 is 14.6 Å². The monoisotopic (exact) mass is 387 g/mol. The Morgan fingerprint density at radius 2 is 2.04 bits per heavy atom. The Morgan fingerprint density at radius 3 is 2.68 bits per heavy atom. The zero-order valence-electron chi connectivity index (χ0n) is 16.5. The lowest BCUT2D eigenvalue weighted by Gasteiger charge is -2.20. The Labute approximate surface area is 164 Å². The summed E-state index contributed by atoms with van der Waals surface area (Å²) < 4.78 is 24.0. The number of carbonyl (C=O) groups is 1. The van der Waals surface area contributed by atoms with Crippen LogP contribution in [0.15, 0.2) is 30.3 Å². The smallest absolute Gasteiger partial charge is 0.339 e. The summed E-state index contributed by atoms with van der Waals surface area (Å²) in [5.74, 6) is -0.0623. The fourth-order valence-corrected chi connectivity index (χ4v) is 3.97. The summed E-state index contributed by atoms with van der Waals surface area (Å²) in [6.07, 6.45) is 1.93. The van der Waals surface area contributed by atoms with E-state index in [0.717, 1.165) is 31.5 Å². The first-order valence-corrected chi connectivity index (χ1v) is 9.37. The van der Waals surface area contributed by atoms with Crippen LogP contribution in [0, 0.1) is 18.7 Å². The largest absolute Gasteiger partial charge is 0.493 e. The van der Waals surface area contributed by atoms with E-state index >= 15 is 0 Å². The number of halogens is 1. The molecule has 0 spiro atoms. The Bertz CT molecular complexity index is 868. The molecular formula is C22H26FNO4. The SMILES string of the molecule is COc1ccc(CN2CCC(Cc3ccc(F)c(C)c3)C2)c(C(=O)O)c1OC. The molecule has 1 aliphatic heterocycles. The van der Waals surface area contributed by atoms with Gasteiger partial charge in [-0.3, -0.25) is 4.90 Å². The van der Waals surface area contributed by atoms with Crippen LogP contribution in [0.5, 0.6) is 11.5 Å². The number of likely N-dealkylation sites (tertiary alicyclic amines) is 1. The fraction of sp³-hybridized carbons (Fsp3) is 0.409. The summed E-state index contributed by atoms with van der Waals surface area (Å²) in [4.78, 5) is 14.1. The van der Waals surface area contributed by atoms with E-state index in [4.69, 9.17) is 9.47 Å². The number of aromatic carboxylic acids is 1. The van der Waals surface area contributed by atoms with E-state index in [0.29, 0.717) is 29.3 Å². The predicted octanol–water partition coefficient (Wildman–Crippen LogP) is 3.91. The number of hydrogen-bond acceptors (Lipinski definition) is 4. The third-order valence-corrected chi connectivity index (χ3v) is 5.36. The number of methoxy groups -OCH3 is 2. The number of rotatable bonds is 7. The third kappa shape index (κ3) is 4.28. The van der Waals surface area contributed by atoms with Gasteiger partial charge in [-0.1, -0.05) is 18.2 Å². The van der Waals surface area contributed by atoms with E-state index in [9.17, 15) is 14.3 Å². The maximum Gasteiger partial charge on any atom is 0.339 e. The molecule has 0 aliphatic carbocycles. The Hall–Kier alpha value is -2.60. The lowest BCUT2D eigenvalue weighted by Crippen LogP contribution is -2.22. The van der Waals surface area contributed by atoms with Crippen LogP contribution >= 0.6 is 0 Å². The van der Waals surface area contributed by atoms with Crippen LogP contribution in [0.2, 0.25) is 0 Å². The van der Waals surface area contributed by atoms with Gasteiger partial charge in [0.25, 0.3) is 0 Å². The van der Waals surface area contributed by atoms with Crippen molar-refractivity contribution in [2.45, 2.75) is 26.3 Å². The molecule has 3 rings (SSSR count). The number of carboxylic acids is 1. The van der Waals surface area contributed by atoms with Gasteiger partial charge >= 0.3 is 5.97 Å². The van der Waals surface area contributed by atoms with E-state index in [2.05, 4.69) is 4.90 Å². The van der Waals surface area contributed by atoms with Crippen LogP contribution in [0.3, 0.4) is 0 Å². The highest BCUT2D eigenvalue weighted by Crippen LogP contribution is 2.35. The fourth-order valence-electron chi connectivity index (χ4n) is 3.97. The first kappa shape index (κ1) is 20.1. The van der Waals surface area contributed by atoms with Crippen molar-refractivity contribution in [2.24, 2.45) is 5.92 Å². The molecule has 1 saturated heterocycles. The molecule has 6 heteroatoms. The summed E-state index contributed by atoms with van der Waals surface area (Å²) >= 11 is 0. The molecule has 0 aromatic heterocycles. The normalized spacial score (nSPS) is 16.9. The number of aryl methyl sites for hydroxylation is 1. The first-order chi connectivity index (χ1) is 13.4. The zero-order valence-corrected chi connectivity index (χ0v) is 16.5. The minimum absolute atomic E-state index is 0.152. The van der Waals surface area contributed by atoms with Crippen molar-refractivity contribution < 1.29 is 23.8 Å². The molecule has 1 aliphatic rings. The molecule has 1 atom stereocenters. The van der Waals surface area contributed by atoms with Crippen molar-refractivity contribution in [3.63, 3.8) is 0 Å². The molecule has 0 radical (unpaired) electrons. The van der Waals surface area contributed by atoms with E-state index in [1.807, 2.05) is 12.1 Å². The molecule has 2 aromatic carbocycles. The molecule has 0 amide bonds. The summed E-state index contributed by atoms with van der Waals surface area (Å²) in [5, 5.41) is 9.68. The second kappa shape index (κ2) is 8.61. The highest BCUT2D eigenvalue weighted by molar-refractivity contribution is 5.93. The average Bonchev–Trinajstić information content (AvgIpc) is 3.10. The average molecular weight is 387 g/mol. The molecule has 0 bridgehead atoms. The van der Waals surface area contributed by atoms with Crippen LogP contribution in [0.25, 0.3) is 0 Å². The minimum atomic E-state index is -1.02. The number of ether oxygens (including phenoxy) is 2. The van der Waals surface area contributed by atoms with Gasteiger partial charge in [-0.05, 0) is 61.1 Å². The first-order valence-electron chi connectivity index (χ1n) is 9.37. The number of benzene rings is 2. The van der Waals surface area contributed by atoms with Gasteiger partial charge in [0, 0.05) is 13.1 Å². The molecule has 1 N–H and O–H groups in total. The molecule has 0 saturated carbocycles. The van der Waals surface area contributed by atoms with Gasteiger partial charge in [-0.15, -0.1) is 0 Å². The molecule has 2 aromatic rings. The molecule has 1 heterocycles. The summed E-state index contributed by atoms with van der Waals surface area (Å²) in [6, 6.07) is 8.83. The molecule has 1 unspecified atom stereocenters. The molecular weight excluding hydrogens is 361 g/mol. The lowest BCUT2D eigenvalue weighted by molar-refractivity contribution is 0.0690. The standard InChI is InChI=1S/C22H26FNO4/c1-14-10-15(4-6-18(14)23)11-16-8-9-24(12-16)13-17-5-7-19(27-2)21(28-3)20(17)22(25)26/h4-7,10,16H,8-9,11-13H2,1-3H3,(H,25,26). The Balaban J connectivity index is 1.71. The van der Waals surface area contributed by atoms with Gasteiger partial charge in [0.2, 0.25) is 0 Å². The van der Waals surface area contributed by atoms with Crippen LogP contribution in [0.4, 0.5) is 4.39 Å². The third-order valence-electron chi connectivity index (χ3n) is 5.36. The van der Waals surface area contributed by atoms with Crippen LogP contribution in [0.1, 0.15) is 33.5 Å². The van der Waals surface area contributed by atoms with Gasteiger partial charge in [0.15, 0.2) is 11.5 Å². The van der Waals surface area contributed by atoms with Gasteiger partial charge in [-0.25, -0.2) is 9.18 Å². The zero-order chi connectivity index (χ0) is 20.3. The maximum absolute atomic E-state index is 13.5. The van der Waals surface area contributed by atoms with E-state index < -0.39 is 5.97 Å². The van der Waals surface area contributed by atoms with E-state index in [1.165, 1.54) is 20.3 Å². The van der Waals surface area contributed by atoms with Gasteiger partial charge in [0.1, 0.15) is 11.4 Å². The van der Waals surface area contributed by atoms with Crippen molar-refractivity contribution in [3.8, 4) is 11.5 Å². The molecule has 150 valence electrons. The van der Waals surface area contributed by atoms with Gasteiger partial charge in [0.05, 0.1) is 14.2 Å². The van der Waals surface area contributed by atoms with Crippen molar-refractivity contribution in [2.75, 3.05) is 27.3 Å². The number of nitrogens with zero attached hydrogens (tertiary/aromatic N) is 1. The van der Waals surface area contributed by atoms with E-state index in [1.54, 1.807) is 19.1 Å². The van der Waals surface area contributed by atoms with Crippen LogP contribution < -0.4 is 9.47 Å². The predicted molar refractivity (Wildman–Crippen MR) is 105 cm³/mol. The summed E-state index contributed by atoms with van der Waals surface area (Å²) in [6.45, 7) is 4.10. The van der Waals surface area contributed by atoms with E-state index in [-0.39, 0.29) is 17.1 Å². The van der Waals surface area contributed by atoms with Crippen LogP contribution in [-0.4, -0.2) is 43.3 Å². The summed E-state index contributed by atoms with van der Waals surface area (Å²) in [5.41, 5.74) is 2.68. The molecule has 1 fully saturated rings.